The average molecular weight is 292 g/mol. The molecule has 0 fully saturated rings. The number of nitrogens with one attached hydrogen (secondary N) is 1. The van der Waals surface area contributed by atoms with Crippen LogP contribution in [-0.2, 0) is 6.42 Å². The molecule has 0 saturated carbocycles. The maximum Gasteiger partial charge on any atom is 0.0795 e. The molecule has 0 amide bonds. The average Bonchev–Trinajstić information content (AvgIpc) is 3.14. The summed E-state index contributed by atoms with van der Waals surface area (Å²) in [6.45, 7) is 2.18. The summed E-state index contributed by atoms with van der Waals surface area (Å²) in [5, 5.41) is 3.57. The Bertz CT molecular complexity index is 778. The molecular formula is C18H16N2S. The molecule has 1 heterocycles. The number of benzene rings is 2. The molecule has 1 atom stereocenters. The summed E-state index contributed by atoms with van der Waals surface area (Å²) in [7, 11) is 0. The number of nitrogens with zero attached hydrogens (tertiary/aromatic N) is 1. The van der Waals surface area contributed by atoms with Crippen LogP contribution < -0.4 is 5.32 Å². The fourth-order valence-corrected chi connectivity index (χ4v) is 3.62. The van der Waals surface area contributed by atoms with E-state index in [1.807, 2.05) is 11.7 Å². The molecule has 0 radical (unpaired) electrons. The van der Waals surface area contributed by atoms with E-state index in [1.54, 1.807) is 11.3 Å². The summed E-state index contributed by atoms with van der Waals surface area (Å²) in [5.74, 6) is 0. The summed E-state index contributed by atoms with van der Waals surface area (Å²) in [6.07, 6.45) is 2.97. The van der Waals surface area contributed by atoms with Crippen molar-refractivity contribution < 1.29 is 0 Å². The van der Waals surface area contributed by atoms with E-state index in [0.717, 1.165) is 6.42 Å². The van der Waals surface area contributed by atoms with Crippen LogP contribution in [0, 0.1) is 0 Å². The van der Waals surface area contributed by atoms with Gasteiger partial charge in [0.05, 0.1) is 11.6 Å². The van der Waals surface area contributed by atoms with Crippen LogP contribution in [0.25, 0.3) is 11.1 Å². The van der Waals surface area contributed by atoms with E-state index < -0.39 is 0 Å². The minimum Gasteiger partial charge on any atom is -0.378 e. The van der Waals surface area contributed by atoms with Gasteiger partial charge in [-0.1, -0.05) is 30.3 Å². The highest BCUT2D eigenvalue weighted by molar-refractivity contribution is 7.09. The van der Waals surface area contributed by atoms with E-state index in [1.165, 1.54) is 32.8 Å². The predicted octanol–water partition coefficient (Wildman–Crippen LogP) is 4.89. The van der Waals surface area contributed by atoms with Crippen LogP contribution in [-0.4, -0.2) is 4.98 Å². The van der Waals surface area contributed by atoms with Gasteiger partial charge in [-0.15, -0.1) is 11.3 Å². The first kappa shape index (κ1) is 12.6. The Morgan fingerprint density at radius 3 is 2.81 bits per heavy atom. The van der Waals surface area contributed by atoms with Gasteiger partial charge in [-0.2, -0.15) is 0 Å². The monoisotopic (exact) mass is 292 g/mol. The van der Waals surface area contributed by atoms with E-state index in [4.69, 9.17) is 0 Å². The van der Waals surface area contributed by atoms with Gasteiger partial charge in [0.2, 0.25) is 0 Å². The van der Waals surface area contributed by atoms with E-state index in [-0.39, 0.29) is 0 Å². The fourth-order valence-electron chi connectivity index (χ4n) is 3.00. The highest BCUT2D eigenvalue weighted by Gasteiger charge is 2.18. The van der Waals surface area contributed by atoms with E-state index in [9.17, 15) is 0 Å². The number of fused-ring (bicyclic) bond motifs is 3. The molecule has 1 aliphatic rings. The third kappa shape index (κ3) is 2.24. The van der Waals surface area contributed by atoms with Crippen molar-refractivity contribution in [1.82, 2.24) is 4.98 Å². The number of thiazole rings is 1. The second kappa shape index (κ2) is 5.01. The van der Waals surface area contributed by atoms with Gasteiger partial charge in [0.25, 0.3) is 0 Å². The van der Waals surface area contributed by atoms with Crippen LogP contribution in [0.3, 0.4) is 0 Å². The van der Waals surface area contributed by atoms with Gasteiger partial charge in [-0.25, -0.2) is 0 Å². The summed E-state index contributed by atoms with van der Waals surface area (Å²) >= 11 is 1.69. The van der Waals surface area contributed by atoms with E-state index in [2.05, 4.69) is 59.7 Å². The molecule has 2 aromatic carbocycles. The molecule has 4 rings (SSSR count). The highest BCUT2D eigenvalue weighted by atomic mass is 32.1. The van der Waals surface area contributed by atoms with Gasteiger partial charge in [0.15, 0.2) is 0 Å². The third-order valence-corrected chi connectivity index (χ3v) is 5.01. The van der Waals surface area contributed by atoms with E-state index in [0.29, 0.717) is 6.04 Å². The SMILES string of the molecule is CC(Nc1ccc2c(c1)Cc1ccccc1-2)c1cncs1. The molecule has 1 N–H and O–H groups in total. The molecule has 2 nitrogen and oxygen atoms in total. The zero-order chi connectivity index (χ0) is 14.2. The summed E-state index contributed by atoms with van der Waals surface area (Å²) in [4.78, 5) is 5.41. The number of rotatable bonds is 3. The second-order valence-electron chi connectivity index (χ2n) is 5.48. The van der Waals surface area contributed by atoms with Gasteiger partial charge in [0.1, 0.15) is 0 Å². The largest absolute Gasteiger partial charge is 0.378 e. The molecule has 21 heavy (non-hydrogen) atoms. The van der Waals surface area contributed by atoms with E-state index >= 15 is 0 Å². The lowest BCUT2D eigenvalue weighted by Crippen LogP contribution is -2.05. The fraction of sp³-hybridized carbons (Fsp3) is 0.167. The van der Waals surface area contributed by atoms with Crippen molar-refractivity contribution in [3.63, 3.8) is 0 Å². The Labute approximate surface area is 128 Å². The topological polar surface area (TPSA) is 24.9 Å². The Morgan fingerprint density at radius 1 is 1.10 bits per heavy atom. The molecule has 1 aliphatic carbocycles. The summed E-state index contributed by atoms with van der Waals surface area (Å²) < 4.78 is 0. The van der Waals surface area contributed by atoms with Crippen molar-refractivity contribution >= 4 is 17.0 Å². The van der Waals surface area contributed by atoms with Crippen LogP contribution in [0.15, 0.2) is 54.2 Å². The second-order valence-corrected chi connectivity index (χ2v) is 6.39. The summed E-state index contributed by atoms with van der Waals surface area (Å²) in [5.41, 5.74) is 8.67. The lowest BCUT2D eigenvalue weighted by Gasteiger charge is -2.14. The van der Waals surface area contributed by atoms with Crippen molar-refractivity contribution in [3.05, 3.63) is 70.2 Å². The number of anilines is 1. The van der Waals surface area contributed by atoms with Gasteiger partial charge < -0.3 is 5.32 Å². The molecule has 3 aromatic rings. The minimum atomic E-state index is 0.291. The molecular weight excluding hydrogens is 276 g/mol. The minimum absolute atomic E-state index is 0.291. The van der Waals surface area contributed by atoms with Crippen molar-refractivity contribution in [2.75, 3.05) is 5.32 Å². The Hall–Kier alpha value is -2.13. The van der Waals surface area contributed by atoms with Gasteiger partial charge in [-0.05, 0) is 47.7 Å². The van der Waals surface area contributed by atoms with Gasteiger partial charge >= 0.3 is 0 Å². The number of hydrogen-bond acceptors (Lipinski definition) is 3. The third-order valence-electron chi connectivity index (χ3n) is 4.06. The van der Waals surface area contributed by atoms with Crippen LogP contribution in [0.5, 0.6) is 0 Å². The zero-order valence-corrected chi connectivity index (χ0v) is 12.7. The quantitative estimate of drug-likeness (QED) is 0.581. The predicted molar refractivity (Wildman–Crippen MR) is 88.8 cm³/mol. The molecule has 0 saturated heterocycles. The molecule has 3 heteroatoms. The molecule has 0 aliphatic heterocycles. The highest BCUT2D eigenvalue weighted by Crippen LogP contribution is 2.38. The first-order valence-electron chi connectivity index (χ1n) is 7.17. The van der Waals surface area contributed by atoms with Crippen LogP contribution in [0.2, 0.25) is 0 Å². The smallest absolute Gasteiger partial charge is 0.0795 e. The van der Waals surface area contributed by atoms with Gasteiger partial charge in [-0.3, -0.25) is 4.98 Å². The molecule has 0 spiro atoms. The van der Waals surface area contributed by atoms with Crippen molar-refractivity contribution in [3.8, 4) is 11.1 Å². The zero-order valence-electron chi connectivity index (χ0n) is 11.8. The molecule has 104 valence electrons. The van der Waals surface area contributed by atoms with Crippen LogP contribution in [0.4, 0.5) is 5.69 Å². The maximum absolute atomic E-state index is 4.15. The van der Waals surface area contributed by atoms with Gasteiger partial charge in [0, 0.05) is 16.8 Å². The normalized spacial score (nSPS) is 13.6. The summed E-state index contributed by atoms with van der Waals surface area (Å²) in [6, 6.07) is 15.7. The van der Waals surface area contributed by atoms with Crippen molar-refractivity contribution in [2.24, 2.45) is 0 Å². The Kier molecular flexibility index (Phi) is 3.00. The molecule has 0 bridgehead atoms. The Balaban J connectivity index is 1.62. The van der Waals surface area contributed by atoms with Crippen LogP contribution >= 0.6 is 11.3 Å². The van der Waals surface area contributed by atoms with Crippen molar-refractivity contribution in [2.45, 2.75) is 19.4 Å². The standard InChI is InChI=1S/C18H16N2S/c1-12(18-10-19-11-21-18)20-15-6-7-17-14(9-15)8-13-4-2-3-5-16(13)17/h2-7,9-12,20H,8H2,1H3. The molecule has 1 aromatic heterocycles. The lowest BCUT2D eigenvalue weighted by atomic mass is 10.1. The maximum atomic E-state index is 4.15. The lowest BCUT2D eigenvalue weighted by molar-refractivity contribution is 0.903. The first-order chi connectivity index (χ1) is 10.3. The molecule has 1 unspecified atom stereocenters. The first-order valence-corrected chi connectivity index (χ1v) is 8.05. The van der Waals surface area contributed by atoms with Crippen LogP contribution in [0.1, 0.15) is 29.0 Å². The number of aromatic nitrogens is 1. The van der Waals surface area contributed by atoms with Crippen molar-refractivity contribution in [1.29, 1.82) is 0 Å². The Morgan fingerprint density at radius 2 is 1.95 bits per heavy atom. The number of hydrogen-bond donors (Lipinski definition) is 1.